The lowest BCUT2D eigenvalue weighted by molar-refractivity contribution is 0.0696. The van der Waals surface area contributed by atoms with E-state index in [1.165, 1.54) is 17.0 Å². The van der Waals surface area contributed by atoms with Gasteiger partial charge in [0.2, 0.25) is 0 Å². The highest BCUT2D eigenvalue weighted by Crippen LogP contribution is 2.26. The molecule has 2 rings (SSSR count). The third kappa shape index (κ3) is 3.54. The minimum Gasteiger partial charge on any atom is -0.492 e. The van der Waals surface area contributed by atoms with Crippen molar-refractivity contribution in [3.63, 3.8) is 0 Å². The second-order valence-electron chi connectivity index (χ2n) is 3.91. The predicted octanol–water partition coefficient (Wildman–Crippen LogP) is 3.53. The molecule has 0 fully saturated rings. The molecule has 100 valence electrons. The van der Waals surface area contributed by atoms with Gasteiger partial charge in [0.05, 0.1) is 27.8 Å². The molecule has 1 N–H and O–H groups in total. The molecule has 1 aromatic heterocycles. The normalized spacial score (nSPS) is 10.4. The third-order valence-electron chi connectivity index (χ3n) is 2.61. The minimum absolute atomic E-state index is 0.215. The Labute approximate surface area is 123 Å². The first-order valence-electron chi connectivity index (χ1n) is 5.62. The van der Waals surface area contributed by atoms with Crippen molar-refractivity contribution in [1.82, 2.24) is 4.98 Å². The van der Waals surface area contributed by atoms with E-state index in [4.69, 9.17) is 9.84 Å². The van der Waals surface area contributed by atoms with Gasteiger partial charge in [-0.2, -0.15) is 0 Å². The first-order valence-corrected chi connectivity index (χ1v) is 7.30. The van der Waals surface area contributed by atoms with Gasteiger partial charge in [-0.05, 0) is 41.1 Å². The Kier molecular flexibility index (Phi) is 4.55. The van der Waals surface area contributed by atoms with E-state index >= 15 is 0 Å². The molecular formula is C13H12BrNO3S. The van der Waals surface area contributed by atoms with E-state index in [2.05, 4.69) is 20.9 Å². The molecule has 19 heavy (non-hydrogen) atoms. The van der Waals surface area contributed by atoms with Crippen molar-refractivity contribution < 1.29 is 14.6 Å². The van der Waals surface area contributed by atoms with E-state index in [1.54, 1.807) is 17.4 Å². The van der Waals surface area contributed by atoms with Crippen LogP contribution in [-0.2, 0) is 6.42 Å². The van der Waals surface area contributed by atoms with Crippen LogP contribution >= 0.6 is 27.3 Å². The van der Waals surface area contributed by atoms with Crippen LogP contribution in [0.1, 0.15) is 20.9 Å². The SMILES string of the molecule is Cc1ncsc1CCOc1cc(C(=O)O)ccc1Br. The van der Waals surface area contributed by atoms with Gasteiger partial charge in [0.1, 0.15) is 5.75 Å². The maximum Gasteiger partial charge on any atom is 0.335 e. The van der Waals surface area contributed by atoms with E-state index in [9.17, 15) is 4.79 Å². The number of halogens is 1. The van der Waals surface area contributed by atoms with Gasteiger partial charge in [-0.25, -0.2) is 9.78 Å². The lowest BCUT2D eigenvalue weighted by Crippen LogP contribution is -2.03. The Bertz CT molecular complexity index is 597. The molecule has 0 amide bonds. The number of carbonyl (C=O) groups is 1. The van der Waals surface area contributed by atoms with E-state index in [0.29, 0.717) is 12.4 Å². The van der Waals surface area contributed by atoms with Gasteiger partial charge in [0.15, 0.2) is 0 Å². The summed E-state index contributed by atoms with van der Waals surface area (Å²) in [6.45, 7) is 2.46. The van der Waals surface area contributed by atoms with Crippen molar-refractivity contribution >= 4 is 33.2 Å². The summed E-state index contributed by atoms with van der Waals surface area (Å²) in [6.07, 6.45) is 0.764. The average molecular weight is 342 g/mol. The zero-order chi connectivity index (χ0) is 13.8. The zero-order valence-corrected chi connectivity index (χ0v) is 12.6. The van der Waals surface area contributed by atoms with Crippen LogP contribution in [0.3, 0.4) is 0 Å². The number of thiazole rings is 1. The van der Waals surface area contributed by atoms with Crippen molar-refractivity contribution in [3.8, 4) is 5.75 Å². The third-order valence-corrected chi connectivity index (χ3v) is 4.26. The fraction of sp³-hybridized carbons (Fsp3) is 0.231. The molecule has 0 spiro atoms. The van der Waals surface area contributed by atoms with Crippen LogP contribution in [-0.4, -0.2) is 22.7 Å². The molecule has 0 unspecified atom stereocenters. The van der Waals surface area contributed by atoms with Gasteiger partial charge in [-0.1, -0.05) is 0 Å². The van der Waals surface area contributed by atoms with Crippen molar-refractivity contribution in [2.45, 2.75) is 13.3 Å². The predicted molar refractivity (Wildman–Crippen MR) is 77.2 cm³/mol. The lowest BCUT2D eigenvalue weighted by Gasteiger charge is -2.08. The number of aryl methyl sites for hydroxylation is 1. The first kappa shape index (κ1) is 14.0. The molecule has 0 aliphatic rings. The van der Waals surface area contributed by atoms with Crippen LogP contribution < -0.4 is 4.74 Å². The summed E-state index contributed by atoms with van der Waals surface area (Å²) >= 11 is 4.95. The van der Waals surface area contributed by atoms with E-state index in [0.717, 1.165) is 16.6 Å². The fourth-order valence-electron chi connectivity index (χ4n) is 1.57. The number of aromatic carboxylic acids is 1. The van der Waals surface area contributed by atoms with Crippen LogP contribution in [0.15, 0.2) is 28.2 Å². The summed E-state index contributed by atoms with van der Waals surface area (Å²) in [5.74, 6) is -0.419. The standard InChI is InChI=1S/C13H12BrNO3S/c1-8-12(19-7-15-8)4-5-18-11-6-9(13(16)17)2-3-10(11)14/h2-3,6-7H,4-5H2,1H3,(H,16,17). The summed E-state index contributed by atoms with van der Waals surface area (Å²) in [7, 11) is 0. The van der Waals surface area contributed by atoms with Crippen LogP contribution in [0.25, 0.3) is 0 Å². The highest BCUT2D eigenvalue weighted by atomic mass is 79.9. The van der Waals surface area contributed by atoms with Gasteiger partial charge in [-0.3, -0.25) is 0 Å². The largest absolute Gasteiger partial charge is 0.492 e. The first-order chi connectivity index (χ1) is 9.08. The maximum atomic E-state index is 10.9. The summed E-state index contributed by atoms with van der Waals surface area (Å²) < 4.78 is 6.37. The van der Waals surface area contributed by atoms with E-state index in [1.807, 2.05) is 12.4 Å². The summed E-state index contributed by atoms with van der Waals surface area (Å²) in [6, 6.07) is 4.73. The summed E-state index contributed by atoms with van der Waals surface area (Å²) in [5.41, 5.74) is 3.05. The van der Waals surface area contributed by atoms with E-state index in [-0.39, 0.29) is 5.56 Å². The molecule has 0 saturated carbocycles. The number of hydrogen-bond donors (Lipinski definition) is 1. The number of carboxylic acids is 1. The van der Waals surface area contributed by atoms with Crippen LogP contribution in [0.5, 0.6) is 5.75 Å². The van der Waals surface area contributed by atoms with Crippen molar-refractivity contribution in [2.75, 3.05) is 6.61 Å². The lowest BCUT2D eigenvalue weighted by atomic mass is 10.2. The molecule has 1 aromatic carbocycles. The molecular weight excluding hydrogens is 330 g/mol. The number of nitrogens with zero attached hydrogens (tertiary/aromatic N) is 1. The highest BCUT2D eigenvalue weighted by Gasteiger charge is 2.08. The van der Waals surface area contributed by atoms with Gasteiger partial charge >= 0.3 is 5.97 Å². The van der Waals surface area contributed by atoms with Crippen LogP contribution in [0, 0.1) is 6.92 Å². The average Bonchev–Trinajstić information content (AvgIpc) is 2.77. The Morgan fingerprint density at radius 2 is 2.32 bits per heavy atom. The molecule has 0 radical (unpaired) electrons. The number of hydrogen-bond acceptors (Lipinski definition) is 4. The van der Waals surface area contributed by atoms with Crippen molar-refractivity contribution in [1.29, 1.82) is 0 Å². The molecule has 4 nitrogen and oxygen atoms in total. The summed E-state index contributed by atoms with van der Waals surface area (Å²) in [5, 5.41) is 8.93. The quantitative estimate of drug-likeness (QED) is 0.903. The van der Waals surface area contributed by atoms with Crippen molar-refractivity contribution in [2.24, 2.45) is 0 Å². The fourth-order valence-corrected chi connectivity index (χ4v) is 2.69. The second kappa shape index (κ2) is 6.16. The molecule has 2 aromatic rings. The number of rotatable bonds is 5. The van der Waals surface area contributed by atoms with Gasteiger partial charge in [0, 0.05) is 11.3 Å². The van der Waals surface area contributed by atoms with E-state index < -0.39 is 5.97 Å². The smallest absolute Gasteiger partial charge is 0.335 e. The molecule has 0 bridgehead atoms. The molecule has 0 saturated heterocycles. The number of aromatic nitrogens is 1. The Hall–Kier alpha value is -1.40. The summed E-state index contributed by atoms with van der Waals surface area (Å²) in [4.78, 5) is 16.3. The molecule has 1 heterocycles. The van der Waals surface area contributed by atoms with Gasteiger partial charge < -0.3 is 9.84 Å². The number of carboxylic acid groups (broad SMARTS) is 1. The number of ether oxygens (including phenoxy) is 1. The topological polar surface area (TPSA) is 59.4 Å². The number of benzene rings is 1. The highest BCUT2D eigenvalue weighted by molar-refractivity contribution is 9.10. The van der Waals surface area contributed by atoms with Crippen LogP contribution in [0.4, 0.5) is 0 Å². The van der Waals surface area contributed by atoms with Gasteiger partial charge in [0.25, 0.3) is 0 Å². The minimum atomic E-state index is -0.962. The second-order valence-corrected chi connectivity index (χ2v) is 5.70. The Morgan fingerprint density at radius 3 is 2.95 bits per heavy atom. The molecule has 0 aliphatic heterocycles. The Morgan fingerprint density at radius 1 is 1.53 bits per heavy atom. The van der Waals surface area contributed by atoms with Crippen molar-refractivity contribution in [3.05, 3.63) is 44.3 Å². The van der Waals surface area contributed by atoms with Gasteiger partial charge in [-0.15, -0.1) is 11.3 Å². The maximum absolute atomic E-state index is 10.9. The molecule has 6 heteroatoms. The Balaban J connectivity index is 2.01. The molecule has 0 atom stereocenters. The van der Waals surface area contributed by atoms with Crippen LogP contribution in [0.2, 0.25) is 0 Å². The monoisotopic (exact) mass is 341 g/mol. The molecule has 0 aliphatic carbocycles. The zero-order valence-electron chi connectivity index (χ0n) is 10.2.